The molecular formula is C31H39Cl2N3O4. The zero-order valence-electron chi connectivity index (χ0n) is 23.7. The summed E-state index contributed by atoms with van der Waals surface area (Å²) in [6, 6.07) is 6.86. The van der Waals surface area contributed by atoms with E-state index in [1.54, 1.807) is 18.2 Å². The molecule has 1 heterocycles. The van der Waals surface area contributed by atoms with Crippen LogP contribution in [0.2, 0.25) is 0 Å². The maximum absolute atomic E-state index is 14.1. The van der Waals surface area contributed by atoms with Crippen molar-refractivity contribution < 1.29 is 19.5 Å². The van der Waals surface area contributed by atoms with Gasteiger partial charge in [0.1, 0.15) is 11.4 Å². The number of rotatable bonds is 9. The van der Waals surface area contributed by atoms with Crippen LogP contribution in [0.3, 0.4) is 0 Å². The van der Waals surface area contributed by atoms with Gasteiger partial charge in [-0.2, -0.15) is 0 Å². The Labute approximate surface area is 246 Å². The lowest BCUT2D eigenvalue weighted by Gasteiger charge is -2.47. The van der Waals surface area contributed by atoms with Gasteiger partial charge < -0.3 is 15.3 Å². The third-order valence-corrected chi connectivity index (χ3v) is 9.55. The molecule has 1 spiro atoms. The van der Waals surface area contributed by atoms with E-state index in [1.807, 2.05) is 30.0 Å². The van der Waals surface area contributed by atoms with Crippen molar-refractivity contribution in [2.24, 2.45) is 16.3 Å². The molecule has 1 aliphatic heterocycles. The van der Waals surface area contributed by atoms with Gasteiger partial charge in [-0.15, -0.1) is 11.6 Å². The summed E-state index contributed by atoms with van der Waals surface area (Å²) in [7, 11) is 0. The first-order valence-corrected chi connectivity index (χ1v) is 14.9. The van der Waals surface area contributed by atoms with Gasteiger partial charge in [0.05, 0.1) is 17.8 Å². The Morgan fingerprint density at radius 1 is 1.23 bits per heavy atom. The third-order valence-electron chi connectivity index (χ3n) is 9.03. The molecule has 40 heavy (non-hydrogen) atoms. The van der Waals surface area contributed by atoms with E-state index in [1.165, 1.54) is 0 Å². The van der Waals surface area contributed by atoms with Crippen LogP contribution in [0.25, 0.3) is 0 Å². The molecule has 3 aliphatic rings. The van der Waals surface area contributed by atoms with Gasteiger partial charge in [-0.05, 0) is 85.8 Å². The van der Waals surface area contributed by atoms with E-state index in [9.17, 15) is 14.4 Å². The second-order valence-electron chi connectivity index (χ2n) is 11.9. The molecule has 1 fully saturated rings. The number of halogens is 2. The molecule has 2 unspecified atom stereocenters. The van der Waals surface area contributed by atoms with Crippen LogP contribution in [-0.2, 0) is 9.59 Å². The number of carboxylic acid groups (broad SMARTS) is 1. The number of amides is 2. The van der Waals surface area contributed by atoms with Gasteiger partial charge in [-0.1, -0.05) is 50.9 Å². The highest BCUT2D eigenvalue weighted by Crippen LogP contribution is 2.50. The van der Waals surface area contributed by atoms with Crippen LogP contribution in [0.5, 0.6) is 0 Å². The van der Waals surface area contributed by atoms with E-state index in [4.69, 9.17) is 33.3 Å². The minimum Gasteiger partial charge on any atom is -0.481 e. The fraction of sp³-hybridized carbons (Fsp3) is 0.548. The summed E-state index contributed by atoms with van der Waals surface area (Å²) in [5.74, 6) is -0.849. The van der Waals surface area contributed by atoms with Crippen LogP contribution in [0.1, 0.15) is 94.6 Å². The highest BCUT2D eigenvalue weighted by Gasteiger charge is 2.52. The van der Waals surface area contributed by atoms with Crippen LogP contribution in [0.15, 0.2) is 52.0 Å². The molecule has 2 amide bonds. The Morgan fingerprint density at radius 2 is 1.88 bits per heavy atom. The molecule has 216 valence electrons. The number of aliphatic imine (C=N–C) groups is 1. The van der Waals surface area contributed by atoms with Crippen molar-refractivity contribution in [2.75, 3.05) is 6.54 Å². The van der Waals surface area contributed by atoms with Gasteiger partial charge in [0, 0.05) is 17.1 Å². The Morgan fingerprint density at radius 3 is 2.45 bits per heavy atom. The zero-order chi connectivity index (χ0) is 29.2. The molecule has 0 radical (unpaired) electrons. The average molecular weight is 589 g/mol. The molecular weight excluding hydrogens is 549 g/mol. The molecule has 9 heteroatoms. The lowest BCUT2D eigenvalue weighted by molar-refractivity contribution is -0.137. The van der Waals surface area contributed by atoms with Crippen molar-refractivity contribution in [2.45, 2.75) is 89.7 Å². The topological polar surface area (TPSA) is 99.1 Å². The molecule has 2 aliphatic carbocycles. The van der Waals surface area contributed by atoms with Crippen LogP contribution in [-0.4, -0.2) is 51.1 Å². The molecule has 2 N–H and O–H groups in total. The first-order chi connectivity index (χ1) is 18.9. The summed E-state index contributed by atoms with van der Waals surface area (Å²) in [5, 5.41) is 11.7. The first-order valence-electron chi connectivity index (χ1n) is 14.1. The Bertz CT molecular complexity index is 1240. The molecule has 0 bridgehead atoms. The van der Waals surface area contributed by atoms with Crippen molar-refractivity contribution in [3.63, 3.8) is 0 Å². The van der Waals surface area contributed by atoms with Gasteiger partial charge in [0.2, 0.25) is 0 Å². The highest BCUT2D eigenvalue weighted by atomic mass is 35.5. The van der Waals surface area contributed by atoms with Crippen LogP contribution in [0.4, 0.5) is 0 Å². The maximum atomic E-state index is 14.1. The fourth-order valence-electron chi connectivity index (χ4n) is 6.19. The van der Waals surface area contributed by atoms with Crippen LogP contribution in [0, 0.1) is 11.3 Å². The van der Waals surface area contributed by atoms with Gasteiger partial charge in [-0.3, -0.25) is 19.4 Å². The van der Waals surface area contributed by atoms with Crippen molar-refractivity contribution in [1.82, 2.24) is 10.2 Å². The smallest absolute Gasteiger partial charge is 0.305 e. The number of alkyl halides is 1. The summed E-state index contributed by atoms with van der Waals surface area (Å²) in [5.41, 5.74) is 2.14. The Balaban J connectivity index is 1.61. The number of benzene rings is 1. The van der Waals surface area contributed by atoms with Crippen molar-refractivity contribution in [1.29, 1.82) is 0 Å². The minimum absolute atomic E-state index is 0.0608. The number of allylic oxidation sites excluding steroid dienone is 3. The van der Waals surface area contributed by atoms with E-state index in [0.717, 1.165) is 43.2 Å². The van der Waals surface area contributed by atoms with E-state index < -0.39 is 11.6 Å². The van der Waals surface area contributed by atoms with Crippen LogP contribution >= 0.6 is 23.2 Å². The van der Waals surface area contributed by atoms with Gasteiger partial charge in [0.15, 0.2) is 0 Å². The van der Waals surface area contributed by atoms with Crippen molar-refractivity contribution >= 4 is 46.7 Å². The summed E-state index contributed by atoms with van der Waals surface area (Å²) >= 11 is 12.8. The van der Waals surface area contributed by atoms with E-state index in [0.29, 0.717) is 28.6 Å². The number of carbonyl (C=O) groups is 3. The summed E-state index contributed by atoms with van der Waals surface area (Å²) in [6.07, 6.45) is 8.59. The molecule has 1 saturated carbocycles. The van der Waals surface area contributed by atoms with Gasteiger partial charge >= 0.3 is 5.97 Å². The number of nitrogens with zero attached hydrogens (tertiary/aromatic N) is 2. The first kappa shape index (κ1) is 30.3. The molecule has 0 saturated heterocycles. The minimum atomic E-state index is -0.966. The second-order valence-corrected chi connectivity index (χ2v) is 12.9. The maximum Gasteiger partial charge on any atom is 0.305 e. The molecule has 1 aromatic rings. The van der Waals surface area contributed by atoms with Crippen molar-refractivity contribution in [3.8, 4) is 0 Å². The van der Waals surface area contributed by atoms with Gasteiger partial charge in [0.25, 0.3) is 11.8 Å². The normalized spacial score (nSPS) is 25.8. The van der Waals surface area contributed by atoms with E-state index in [-0.39, 0.29) is 41.6 Å². The quantitative estimate of drug-likeness (QED) is 0.317. The summed E-state index contributed by atoms with van der Waals surface area (Å²) in [6.45, 7) is 8.96. The lowest BCUT2D eigenvalue weighted by atomic mass is 9.67. The molecule has 7 nitrogen and oxygen atoms in total. The number of nitrogens with one attached hydrogen (secondary N) is 1. The predicted octanol–water partition coefficient (Wildman–Crippen LogP) is 6.62. The average Bonchev–Trinajstić information content (AvgIpc) is 3.19. The SMILES string of the molecule is CCC(C)(C)C1CCC2(CC1)N=C(C1=CC(Cl)=CC(Cl)C1)C(=O)N2C(C)c1ccc(C(=O)NCCC(=O)O)cc1. The second kappa shape index (κ2) is 12.1. The van der Waals surface area contributed by atoms with E-state index >= 15 is 0 Å². The molecule has 0 aromatic heterocycles. The largest absolute Gasteiger partial charge is 0.481 e. The number of hydrogen-bond acceptors (Lipinski definition) is 4. The fourth-order valence-corrected chi connectivity index (χ4v) is 6.84. The third kappa shape index (κ3) is 6.31. The van der Waals surface area contributed by atoms with Gasteiger partial charge in [-0.25, -0.2) is 0 Å². The summed E-state index contributed by atoms with van der Waals surface area (Å²) in [4.78, 5) is 44.4. The standard InChI is InChI=1S/C31H39Cl2N3O4/c1-5-30(3,4)23-10-13-31(14-11-23)35-27(22-16-24(32)18-25(33)17-22)29(40)36(31)19(2)20-6-8-21(9-7-20)28(39)34-15-12-26(37)38/h6-9,16,18-19,23,25H,5,10-15,17H2,1-4H3,(H,34,39)(H,37,38). The Hall–Kier alpha value is -2.64. The summed E-state index contributed by atoms with van der Waals surface area (Å²) < 4.78 is 0. The van der Waals surface area contributed by atoms with E-state index in [2.05, 4.69) is 26.1 Å². The number of aliphatic carboxylic acids is 1. The highest BCUT2D eigenvalue weighted by molar-refractivity contribution is 6.47. The molecule has 1 aromatic carbocycles. The monoisotopic (exact) mass is 587 g/mol. The number of carboxylic acids is 1. The van der Waals surface area contributed by atoms with Crippen molar-refractivity contribution in [3.05, 3.63) is 58.1 Å². The number of carbonyl (C=O) groups excluding carboxylic acids is 2. The molecule has 2 atom stereocenters. The zero-order valence-corrected chi connectivity index (χ0v) is 25.2. The Kier molecular flexibility index (Phi) is 9.15. The number of hydrogen-bond donors (Lipinski definition) is 2. The predicted molar refractivity (Wildman–Crippen MR) is 159 cm³/mol. The van der Waals surface area contributed by atoms with Crippen LogP contribution < -0.4 is 5.32 Å². The lowest BCUT2D eigenvalue weighted by Crippen LogP contribution is -2.51. The molecule has 4 rings (SSSR count).